The normalized spacial score (nSPS) is 42.0. The summed E-state index contributed by atoms with van der Waals surface area (Å²) in [6.07, 6.45) is 7.26. The Hall–Kier alpha value is -0.120. The quantitative estimate of drug-likeness (QED) is 0.735. The highest BCUT2D eigenvalue weighted by Crippen LogP contribution is 2.27. The molecule has 2 saturated heterocycles. The minimum atomic E-state index is 0.532. The minimum absolute atomic E-state index is 0.532. The van der Waals surface area contributed by atoms with Crippen molar-refractivity contribution in [3.63, 3.8) is 0 Å². The maximum absolute atomic E-state index is 5.74. The first-order valence-electron chi connectivity index (χ1n) is 6.52. The summed E-state index contributed by atoms with van der Waals surface area (Å²) in [5, 5.41) is 3.65. The second-order valence-corrected chi connectivity index (χ2v) is 5.19. The maximum Gasteiger partial charge on any atom is 0.0702 e. The molecule has 0 aromatic rings. The summed E-state index contributed by atoms with van der Waals surface area (Å²) in [6.45, 7) is 4.57. The molecule has 86 valence electrons. The first-order valence-corrected chi connectivity index (χ1v) is 6.52. The van der Waals surface area contributed by atoms with Crippen molar-refractivity contribution in [1.29, 1.82) is 0 Å². The third-order valence-corrected chi connectivity index (χ3v) is 4.22. The van der Waals surface area contributed by atoms with Gasteiger partial charge in [0.2, 0.25) is 0 Å². The standard InChI is InChI=1S/C12H22N2O/c1-4-11-12(5-1)14(7-6-13-11)9-10-3-2-8-15-10/h10-13H,1-9H2/t10-,11+,12-/m0/s1. The van der Waals surface area contributed by atoms with Crippen LogP contribution in [0.3, 0.4) is 0 Å². The van der Waals surface area contributed by atoms with Crippen molar-refractivity contribution in [1.82, 2.24) is 10.2 Å². The number of ether oxygens (including phenoxy) is 1. The van der Waals surface area contributed by atoms with E-state index in [1.807, 2.05) is 0 Å². The number of nitrogens with one attached hydrogen (secondary N) is 1. The molecule has 2 aliphatic heterocycles. The van der Waals surface area contributed by atoms with Crippen molar-refractivity contribution in [2.45, 2.75) is 50.3 Å². The molecule has 0 spiro atoms. The zero-order valence-corrected chi connectivity index (χ0v) is 9.45. The number of hydrogen-bond donors (Lipinski definition) is 1. The van der Waals surface area contributed by atoms with Crippen LogP contribution < -0.4 is 5.32 Å². The van der Waals surface area contributed by atoms with Crippen molar-refractivity contribution >= 4 is 0 Å². The van der Waals surface area contributed by atoms with Crippen LogP contribution in [-0.2, 0) is 4.74 Å². The second kappa shape index (κ2) is 4.40. The van der Waals surface area contributed by atoms with E-state index in [1.54, 1.807) is 0 Å². The van der Waals surface area contributed by atoms with E-state index in [0.29, 0.717) is 6.10 Å². The number of fused-ring (bicyclic) bond motifs is 1. The summed E-state index contributed by atoms with van der Waals surface area (Å²) in [6, 6.07) is 1.59. The molecule has 3 atom stereocenters. The molecular formula is C12H22N2O. The van der Waals surface area contributed by atoms with Gasteiger partial charge in [-0.05, 0) is 25.7 Å². The van der Waals surface area contributed by atoms with Crippen LogP contribution in [0.4, 0.5) is 0 Å². The van der Waals surface area contributed by atoms with Crippen LogP contribution in [0.15, 0.2) is 0 Å². The summed E-state index contributed by atoms with van der Waals surface area (Å²) in [7, 11) is 0. The Labute approximate surface area is 92.2 Å². The lowest BCUT2D eigenvalue weighted by Crippen LogP contribution is -2.56. The smallest absolute Gasteiger partial charge is 0.0702 e. The van der Waals surface area contributed by atoms with Crippen LogP contribution >= 0.6 is 0 Å². The van der Waals surface area contributed by atoms with Crippen molar-refractivity contribution in [2.24, 2.45) is 0 Å². The molecule has 0 bridgehead atoms. The molecule has 0 unspecified atom stereocenters. The lowest BCUT2D eigenvalue weighted by atomic mass is 10.1. The Kier molecular flexibility index (Phi) is 2.95. The molecule has 3 aliphatic rings. The summed E-state index contributed by atoms with van der Waals surface area (Å²) >= 11 is 0. The Morgan fingerprint density at radius 1 is 1.20 bits per heavy atom. The van der Waals surface area contributed by atoms with E-state index in [0.717, 1.165) is 18.7 Å². The van der Waals surface area contributed by atoms with Gasteiger partial charge in [-0.2, -0.15) is 0 Å². The molecule has 1 N–H and O–H groups in total. The van der Waals surface area contributed by atoms with Crippen molar-refractivity contribution < 1.29 is 4.74 Å². The van der Waals surface area contributed by atoms with Gasteiger partial charge in [0.1, 0.15) is 0 Å². The van der Waals surface area contributed by atoms with Gasteiger partial charge < -0.3 is 10.1 Å². The Morgan fingerprint density at radius 2 is 2.20 bits per heavy atom. The Balaban J connectivity index is 1.59. The highest BCUT2D eigenvalue weighted by molar-refractivity contribution is 4.94. The zero-order chi connectivity index (χ0) is 10.1. The summed E-state index contributed by atoms with van der Waals surface area (Å²) in [5.41, 5.74) is 0. The molecule has 3 nitrogen and oxygen atoms in total. The van der Waals surface area contributed by atoms with Gasteiger partial charge in [-0.25, -0.2) is 0 Å². The zero-order valence-electron chi connectivity index (χ0n) is 9.45. The molecule has 2 heterocycles. The molecule has 0 aromatic carbocycles. The maximum atomic E-state index is 5.74. The van der Waals surface area contributed by atoms with Gasteiger partial charge in [0.25, 0.3) is 0 Å². The number of rotatable bonds is 2. The van der Waals surface area contributed by atoms with Crippen molar-refractivity contribution in [3.8, 4) is 0 Å². The Morgan fingerprint density at radius 3 is 3.07 bits per heavy atom. The van der Waals surface area contributed by atoms with Crippen LogP contribution in [0.1, 0.15) is 32.1 Å². The van der Waals surface area contributed by atoms with Crippen molar-refractivity contribution in [3.05, 3.63) is 0 Å². The number of hydrogen-bond acceptors (Lipinski definition) is 3. The molecule has 15 heavy (non-hydrogen) atoms. The van der Waals surface area contributed by atoms with Gasteiger partial charge in [-0.3, -0.25) is 4.90 Å². The van der Waals surface area contributed by atoms with Crippen LogP contribution in [-0.4, -0.2) is 49.3 Å². The van der Waals surface area contributed by atoms with E-state index in [1.165, 1.54) is 51.7 Å². The average Bonchev–Trinajstić information content (AvgIpc) is 2.87. The monoisotopic (exact) mass is 210 g/mol. The molecule has 0 radical (unpaired) electrons. The van der Waals surface area contributed by atoms with Gasteiger partial charge in [-0.15, -0.1) is 0 Å². The average molecular weight is 210 g/mol. The predicted octanol–water partition coefficient (Wildman–Crippen LogP) is 0.992. The molecule has 1 saturated carbocycles. The molecule has 3 fully saturated rings. The fraction of sp³-hybridized carbons (Fsp3) is 1.00. The van der Waals surface area contributed by atoms with E-state index < -0.39 is 0 Å². The Bertz CT molecular complexity index is 216. The molecular weight excluding hydrogens is 188 g/mol. The summed E-state index contributed by atoms with van der Waals surface area (Å²) in [4.78, 5) is 2.68. The molecule has 1 aliphatic carbocycles. The highest BCUT2D eigenvalue weighted by Gasteiger charge is 2.35. The van der Waals surface area contributed by atoms with E-state index in [2.05, 4.69) is 10.2 Å². The predicted molar refractivity (Wildman–Crippen MR) is 60.0 cm³/mol. The number of nitrogens with zero attached hydrogens (tertiary/aromatic N) is 1. The van der Waals surface area contributed by atoms with E-state index in [9.17, 15) is 0 Å². The highest BCUT2D eigenvalue weighted by atomic mass is 16.5. The third kappa shape index (κ3) is 2.05. The summed E-state index contributed by atoms with van der Waals surface area (Å²) < 4.78 is 5.74. The van der Waals surface area contributed by atoms with E-state index in [-0.39, 0.29) is 0 Å². The minimum Gasteiger partial charge on any atom is -0.377 e. The fourth-order valence-electron chi connectivity index (χ4n) is 3.45. The lowest BCUT2D eigenvalue weighted by Gasteiger charge is -2.39. The molecule has 3 heteroatoms. The number of piperazine rings is 1. The first-order chi connectivity index (χ1) is 7.43. The molecule has 0 amide bonds. The van der Waals surface area contributed by atoms with E-state index >= 15 is 0 Å². The van der Waals surface area contributed by atoms with Crippen LogP contribution in [0, 0.1) is 0 Å². The summed E-state index contributed by atoms with van der Waals surface area (Å²) in [5.74, 6) is 0. The largest absolute Gasteiger partial charge is 0.377 e. The lowest BCUT2D eigenvalue weighted by molar-refractivity contribution is 0.0420. The SMILES string of the molecule is C1CO[C@H](CN2CCN[C@@H]3CCC[C@@H]32)C1. The molecule has 3 rings (SSSR count). The van der Waals surface area contributed by atoms with E-state index in [4.69, 9.17) is 4.74 Å². The molecule has 0 aromatic heterocycles. The van der Waals surface area contributed by atoms with Gasteiger partial charge in [0.05, 0.1) is 6.10 Å². The topological polar surface area (TPSA) is 24.5 Å². The second-order valence-electron chi connectivity index (χ2n) is 5.19. The first kappa shape index (κ1) is 10.1. The van der Waals surface area contributed by atoms with Crippen LogP contribution in [0.5, 0.6) is 0 Å². The third-order valence-electron chi connectivity index (χ3n) is 4.22. The van der Waals surface area contributed by atoms with Crippen LogP contribution in [0.25, 0.3) is 0 Å². The van der Waals surface area contributed by atoms with Gasteiger partial charge in [-0.1, -0.05) is 6.42 Å². The van der Waals surface area contributed by atoms with Crippen LogP contribution in [0.2, 0.25) is 0 Å². The van der Waals surface area contributed by atoms with Gasteiger partial charge in [0.15, 0.2) is 0 Å². The van der Waals surface area contributed by atoms with Gasteiger partial charge >= 0.3 is 0 Å². The van der Waals surface area contributed by atoms with Crippen molar-refractivity contribution in [2.75, 3.05) is 26.2 Å². The van der Waals surface area contributed by atoms with Gasteiger partial charge in [0, 0.05) is 38.3 Å². The fourth-order valence-corrected chi connectivity index (χ4v) is 3.45.